The maximum Gasteiger partial charge on any atom is 0.244 e. The number of nitrogens with two attached hydrogens (primary N) is 1. The Hall–Kier alpha value is -1.18. The molecule has 100 valence electrons. The highest BCUT2D eigenvalue weighted by atomic mass is 32.2. The molecule has 1 fully saturated rings. The van der Waals surface area contributed by atoms with Crippen LogP contribution in [0.4, 0.5) is 5.69 Å². The molecule has 4 N–H and O–H groups in total. The largest absolute Gasteiger partial charge is 0.323 e. The lowest BCUT2D eigenvalue weighted by Gasteiger charge is -2.10. The molecule has 0 aromatic carbocycles. The molecule has 1 aromatic heterocycles. The van der Waals surface area contributed by atoms with Crippen molar-refractivity contribution in [3.8, 4) is 0 Å². The topological polar surface area (TPSA) is 97.1 Å². The first-order chi connectivity index (χ1) is 8.63. The second kappa shape index (κ2) is 5.64. The Kier molecular flexibility index (Phi) is 4.15. The van der Waals surface area contributed by atoms with Crippen LogP contribution in [0.2, 0.25) is 0 Å². The summed E-state index contributed by atoms with van der Waals surface area (Å²) < 4.78 is 26.6. The summed E-state index contributed by atoms with van der Waals surface area (Å²) in [4.78, 5) is 3.89. The highest BCUT2D eigenvalue weighted by Crippen LogP contribution is 2.33. The fourth-order valence-corrected chi connectivity index (χ4v) is 2.98. The number of nitrogens with one attached hydrogen (secondary N) is 2. The number of sulfonamides is 1. The van der Waals surface area contributed by atoms with Crippen LogP contribution in [0, 0.1) is 5.92 Å². The molecule has 0 bridgehead atoms. The summed E-state index contributed by atoms with van der Waals surface area (Å²) in [5.74, 6) is 6.09. The van der Waals surface area contributed by atoms with Crippen molar-refractivity contribution in [2.24, 2.45) is 11.8 Å². The van der Waals surface area contributed by atoms with Crippen LogP contribution in [0.25, 0.3) is 0 Å². The number of aromatic nitrogens is 1. The molecule has 0 aliphatic heterocycles. The summed E-state index contributed by atoms with van der Waals surface area (Å²) in [5, 5.41) is 0. The SMILES string of the molecule is NNc1ccncc1S(=O)(=O)NCCCC1CC1. The van der Waals surface area contributed by atoms with Crippen molar-refractivity contribution in [3.05, 3.63) is 18.5 Å². The van der Waals surface area contributed by atoms with Gasteiger partial charge in [0.25, 0.3) is 0 Å². The van der Waals surface area contributed by atoms with Gasteiger partial charge in [0.15, 0.2) is 0 Å². The summed E-state index contributed by atoms with van der Waals surface area (Å²) in [5.41, 5.74) is 2.71. The van der Waals surface area contributed by atoms with Crippen LogP contribution < -0.4 is 16.0 Å². The zero-order chi connectivity index (χ0) is 13.0. The zero-order valence-corrected chi connectivity index (χ0v) is 10.9. The Morgan fingerprint density at radius 2 is 2.22 bits per heavy atom. The first-order valence-electron chi connectivity index (χ1n) is 6.04. The lowest BCUT2D eigenvalue weighted by Crippen LogP contribution is -2.26. The maximum atomic E-state index is 12.0. The molecule has 0 unspecified atom stereocenters. The molecular weight excluding hydrogens is 252 g/mol. The molecule has 2 rings (SSSR count). The molecule has 18 heavy (non-hydrogen) atoms. The molecule has 1 aliphatic rings. The predicted molar refractivity (Wildman–Crippen MR) is 69.2 cm³/mol. The first-order valence-corrected chi connectivity index (χ1v) is 7.52. The third kappa shape index (κ3) is 3.41. The monoisotopic (exact) mass is 270 g/mol. The van der Waals surface area contributed by atoms with Gasteiger partial charge in [-0.25, -0.2) is 13.1 Å². The number of hydrogen-bond acceptors (Lipinski definition) is 5. The van der Waals surface area contributed by atoms with Crippen molar-refractivity contribution in [3.63, 3.8) is 0 Å². The Bertz CT molecular complexity index is 500. The Morgan fingerprint density at radius 1 is 1.44 bits per heavy atom. The Morgan fingerprint density at radius 3 is 2.89 bits per heavy atom. The van der Waals surface area contributed by atoms with Crippen LogP contribution in [0.15, 0.2) is 23.4 Å². The van der Waals surface area contributed by atoms with E-state index in [0.717, 1.165) is 18.8 Å². The molecule has 0 saturated heterocycles. The molecule has 1 aromatic rings. The molecule has 1 aliphatic carbocycles. The van der Waals surface area contributed by atoms with Gasteiger partial charge in [0, 0.05) is 18.9 Å². The molecular formula is C11H18N4O2S. The van der Waals surface area contributed by atoms with Gasteiger partial charge in [0.1, 0.15) is 4.90 Å². The van der Waals surface area contributed by atoms with E-state index in [1.807, 2.05) is 0 Å². The Balaban J connectivity index is 1.95. The second-order valence-electron chi connectivity index (χ2n) is 4.50. The smallest absolute Gasteiger partial charge is 0.244 e. The van der Waals surface area contributed by atoms with E-state index >= 15 is 0 Å². The number of hydrogen-bond donors (Lipinski definition) is 3. The predicted octanol–water partition coefficient (Wildman–Crippen LogP) is 0.836. The van der Waals surface area contributed by atoms with Crippen LogP contribution in [0.1, 0.15) is 25.7 Å². The minimum atomic E-state index is -3.54. The maximum absolute atomic E-state index is 12.0. The van der Waals surface area contributed by atoms with E-state index in [9.17, 15) is 8.42 Å². The molecule has 0 spiro atoms. The van der Waals surface area contributed by atoms with E-state index < -0.39 is 10.0 Å². The summed E-state index contributed by atoms with van der Waals surface area (Å²) >= 11 is 0. The number of nitrogen functional groups attached to an aromatic ring is 1. The Labute approximate surface area is 107 Å². The summed E-state index contributed by atoms with van der Waals surface area (Å²) in [6.07, 6.45) is 7.32. The minimum absolute atomic E-state index is 0.0823. The number of rotatable bonds is 7. The third-order valence-corrected chi connectivity index (χ3v) is 4.50. The van der Waals surface area contributed by atoms with Crippen molar-refractivity contribution in [1.29, 1.82) is 0 Å². The van der Waals surface area contributed by atoms with Gasteiger partial charge in [-0.3, -0.25) is 10.8 Å². The molecule has 1 saturated carbocycles. The lowest BCUT2D eigenvalue weighted by molar-refractivity contribution is 0.572. The summed E-state index contributed by atoms with van der Waals surface area (Å²) in [6, 6.07) is 1.53. The summed E-state index contributed by atoms with van der Waals surface area (Å²) in [7, 11) is -3.54. The number of anilines is 1. The van der Waals surface area contributed by atoms with Gasteiger partial charge in [-0.1, -0.05) is 12.8 Å². The van der Waals surface area contributed by atoms with Gasteiger partial charge in [0.05, 0.1) is 5.69 Å². The number of hydrazine groups is 1. The van der Waals surface area contributed by atoms with Gasteiger partial charge in [-0.05, 0) is 24.8 Å². The van der Waals surface area contributed by atoms with Gasteiger partial charge in [0.2, 0.25) is 10.0 Å². The van der Waals surface area contributed by atoms with Crippen LogP contribution in [0.5, 0.6) is 0 Å². The standard InChI is InChI=1S/C11H18N4O2S/c12-15-10-5-7-13-8-11(10)18(16,17)14-6-1-2-9-3-4-9/h5,7-9,14H,1-4,6,12H2,(H,13,15). The highest BCUT2D eigenvalue weighted by Gasteiger charge is 2.21. The minimum Gasteiger partial charge on any atom is -0.323 e. The van der Waals surface area contributed by atoms with E-state index in [4.69, 9.17) is 5.84 Å². The second-order valence-corrected chi connectivity index (χ2v) is 6.23. The molecule has 0 atom stereocenters. The van der Waals surface area contributed by atoms with E-state index in [1.165, 1.54) is 31.3 Å². The fourth-order valence-electron chi connectivity index (χ4n) is 1.79. The molecule has 6 nitrogen and oxygen atoms in total. The molecule has 0 radical (unpaired) electrons. The van der Waals surface area contributed by atoms with Crippen molar-refractivity contribution < 1.29 is 8.42 Å². The normalized spacial score (nSPS) is 15.6. The average molecular weight is 270 g/mol. The fraction of sp³-hybridized carbons (Fsp3) is 0.545. The molecule has 0 amide bonds. The van der Waals surface area contributed by atoms with Crippen molar-refractivity contribution in [2.75, 3.05) is 12.0 Å². The van der Waals surface area contributed by atoms with Gasteiger partial charge in [-0.15, -0.1) is 0 Å². The zero-order valence-electron chi connectivity index (χ0n) is 10.1. The van der Waals surface area contributed by atoms with E-state index in [-0.39, 0.29) is 4.90 Å². The van der Waals surface area contributed by atoms with Crippen LogP contribution in [0.3, 0.4) is 0 Å². The molecule has 1 heterocycles. The third-order valence-electron chi connectivity index (χ3n) is 3.01. The van der Waals surface area contributed by atoms with Gasteiger partial charge < -0.3 is 5.43 Å². The van der Waals surface area contributed by atoms with E-state index in [2.05, 4.69) is 15.1 Å². The van der Waals surface area contributed by atoms with Gasteiger partial charge in [-0.2, -0.15) is 0 Å². The van der Waals surface area contributed by atoms with Crippen molar-refractivity contribution >= 4 is 15.7 Å². The first kappa shape index (κ1) is 13.3. The van der Waals surface area contributed by atoms with Crippen LogP contribution in [-0.4, -0.2) is 19.9 Å². The van der Waals surface area contributed by atoms with Crippen molar-refractivity contribution in [1.82, 2.24) is 9.71 Å². The van der Waals surface area contributed by atoms with Crippen LogP contribution in [-0.2, 0) is 10.0 Å². The average Bonchev–Trinajstić information content (AvgIpc) is 3.19. The summed E-state index contributed by atoms with van der Waals surface area (Å²) in [6.45, 7) is 0.456. The van der Waals surface area contributed by atoms with Crippen molar-refractivity contribution in [2.45, 2.75) is 30.6 Å². The van der Waals surface area contributed by atoms with E-state index in [0.29, 0.717) is 12.2 Å². The lowest BCUT2D eigenvalue weighted by atomic mass is 10.2. The van der Waals surface area contributed by atoms with Gasteiger partial charge >= 0.3 is 0 Å². The number of nitrogens with zero attached hydrogens (tertiary/aromatic N) is 1. The highest BCUT2D eigenvalue weighted by molar-refractivity contribution is 7.89. The molecule has 7 heteroatoms. The number of pyridine rings is 1. The van der Waals surface area contributed by atoms with Crippen LogP contribution >= 0.6 is 0 Å². The van der Waals surface area contributed by atoms with E-state index in [1.54, 1.807) is 0 Å². The quantitative estimate of drug-likeness (QED) is 0.387.